The molecule has 1 amide bonds. The van der Waals surface area contributed by atoms with Gasteiger partial charge >= 0.3 is 5.97 Å². The highest BCUT2D eigenvalue weighted by molar-refractivity contribution is 5.98. The van der Waals surface area contributed by atoms with Gasteiger partial charge in [-0.05, 0) is 105 Å². The highest BCUT2D eigenvalue weighted by atomic mass is 16.5. The van der Waals surface area contributed by atoms with Crippen molar-refractivity contribution in [2.75, 3.05) is 45.9 Å². The summed E-state index contributed by atoms with van der Waals surface area (Å²) in [5.41, 5.74) is 0.744. The number of unbranched alkanes of at least 4 members (excludes halogenated alkanes) is 2. The first-order chi connectivity index (χ1) is 24.8. The monoisotopic (exact) mass is 694 g/mol. The van der Waals surface area contributed by atoms with E-state index in [1.54, 1.807) is 24.3 Å². The van der Waals surface area contributed by atoms with Crippen molar-refractivity contribution < 1.29 is 29.6 Å². The second-order valence-corrected chi connectivity index (χ2v) is 14.3. The van der Waals surface area contributed by atoms with Crippen molar-refractivity contribution in [3.05, 3.63) is 106 Å². The molecule has 0 saturated carbocycles. The summed E-state index contributed by atoms with van der Waals surface area (Å²) in [7, 11) is 0. The minimum absolute atomic E-state index is 0.0396. The number of phenols is 1. The normalized spacial score (nSPS) is 24.6. The molecule has 4 fully saturated rings. The number of carboxylic acids is 1. The fraction of sp³-hybridized carbons (Fsp3) is 0.425. The van der Waals surface area contributed by atoms with Gasteiger partial charge in [0.25, 0.3) is 5.91 Å². The predicted octanol–water partition coefficient (Wildman–Crippen LogP) is 4.29. The van der Waals surface area contributed by atoms with Gasteiger partial charge in [-0.1, -0.05) is 42.5 Å². The molecule has 4 aliphatic heterocycles. The summed E-state index contributed by atoms with van der Waals surface area (Å²) in [6, 6.07) is 22.3. The number of aromatic nitrogens is 1. The smallest absolute Gasteiger partial charge is 0.318 e. The average Bonchev–Trinajstić information content (AvgIpc) is 3.13. The number of rotatable bonds is 14. The van der Waals surface area contributed by atoms with Crippen molar-refractivity contribution >= 4 is 22.8 Å². The van der Waals surface area contributed by atoms with Crippen molar-refractivity contribution in [2.45, 2.75) is 49.7 Å². The third kappa shape index (κ3) is 6.85. The molecule has 0 radical (unpaired) electrons. The quantitative estimate of drug-likeness (QED) is 0.122. The highest BCUT2D eigenvalue weighted by Crippen LogP contribution is 2.50. The molecule has 4 atom stereocenters. The molecular formula is C40H46N4O7. The minimum Gasteiger partial charge on any atom is -0.506 e. The SMILES string of the molecule is O=C(c1cccc(OCCCCCNC[C@H](O)c2ccc(O)c3[nH]c(=O)ccc23)c1)N1CC(C(=O)O)(c2ccccc2)[C@H]1C1CN2CCC1CC2. The number of hydrogen-bond acceptors (Lipinski definition) is 8. The van der Waals surface area contributed by atoms with E-state index in [0.717, 1.165) is 57.3 Å². The Morgan fingerprint density at radius 3 is 2.53 bits per heavy atom. The van der Waals surface area contributed by atoms with E-state index in [4.69, 9.17) is 4.74 Å². The predicted molar refractivity (Wildman–Crippen MR) is 193 cm³/mol. The largest absolute Gasteiger partial charge is 0.506 e. The molecule has 11 heteroatoms. The van der Waals surface area contributed by atoms with Gasteiger partial charge in [-0.2, -0.15) is 0 Å². The van der Waals surface area contributed by atoms with E-state index in [1.807, 2.05) is 47.4 Å². The Hall–Kier alpha value is -4.71. The number of benzene rings is 3. The molecule has 0 aliphatic carbocycles. The van der Waals surface area contributed by atoms with Crippen LogP contribution in [-0.2, 0) is 10.2 Å². The van der Waals surface area contributed by atoms with Crippen molar-refractivity contribution in [3.8, 4) is 11.5 Å². The fourth-order valence-electron chi connectivity index (χ4n) is 8.59. The maximum atomic E-state index is 14.1. The van der Waals surface area contributed by atoms with Gasteiger partial charge < -0.3 is 40.2 Å². The summed E-state index contributed by atoms with van der Waals surface area (Å²) < 4.78 is 6.04. The molecule has 51 heavy (non-hydrogen) atoms. The number of nitrogens with zero attached hydrogens (tertiary/aromatic N) is 2. The van der Waals surface area contributed by atoms with Crippen LogP contribution in [0.1, 0.15) is 59.7 Å². The maximum absolute atomic E-state index is 14.1. The molecule has 1 aromatic heterocycles. The van der Waals surface area contributed by atoms with E-state index >= 15 is 0 Å². The Morgan fingerprint density at radius 1 is 0.980 bits per heavy atom. The molecule has 2 bridgehead atoms. The zero-order valence-corrected chi connectivity index (χ0v) is 28.7. The Balaban J connectivity index is 0.916. The van der Waals surface area contributed by atoms with Crippen LogP contribution in [0.15, 0.2) is 83.7 Å². The second-order valence-electron chi connectivity index (χ2n) is 14.3. The van der Waals surface area contributed by atoms with E-state index < -0.39 is 23.5 Å². The third-order valence-electron chi connectivity index (χ3n) is 11.3. The van der Waals surface area contributed by atoms with Gasteiger partial charge in [0.1, 0.15) is 16.9 Å². The molecule has 5 heterocycles. The number of aromatic hydroxyl groups is 1. The number of aromatic amines is 1. The number of carbonyl (C=O) groups excluding carboxylic acids is 1. The number of fused-ring (bicyclic) bond motifs is 4. The van der Waals surface area contributed by atoms with Gasteiger partial charge in [-0.3, -0.25) is 14.4 Å². The third-order valence-corrected chi connectivity index (χ3v) is 11.3. The summed E-state index contributed by atoms with van der Waals surface area (Å²) in [5.74, 6) is 0.0433. The summed E-state index contributed by atoms with van der Waals surface area (Å²) in [6.07, 6.45) is 3.85. The topological polar surface area (TPSA) is 155 Å². The van der Waals surface area contributed by atoms with Crippen LogP contribution < -0.4 is 15.6 Å². The Kier molecular flexibility index (Phi) is 10.1. The molecule has 4 saturated heterocycles. The number of likely N-dealkylation sites (tertiary alicyclic amines) is 1. The number of nitrogens with one attached hydrogen (secondary N) is 2. The number of phenolic OH excluding ortho intramolecular Hbond substituents is 1. The van der Waals surface area contributed by atoms with Gasteiger partial charge in [-0.25, -0.2) is 0 Å². The van der Waals surface area contributed by atoms with Crippen molar-refractivity contribution in [2.24, 2.45) is 11.8 Å². The minimum atomic E-state index is -1.14. The van der Waals surface area contributed by atoms with Crippen LogP contribution >= 0.6 is 0 Å². The number of piperidine rings is 3. The second kappa shape index (κ2) is 14.9. The maximum Gasteiger partial charge on any atom is 0.318 e. The number of aliphatic hydroxyl groups excluding tert-OH is 1. The molecule has 4 aromatic rings. The van der Waals surface area contributed by atoms with Crippen molar-refractivity contribution in [1.82, 2.24) is 20.1 Å². The number of ether oxygens (including phenoxy) is 1. The summed E-state index contributed by atoms with van der Waals surface area (Å²) in [5, 5.41) is 35.5. The number of carboxylic acid groups (broad SMARTS) is 1. The lowest BCUT2D eigenvalue weighted by Gasteiger charge is -2.61. The molecule has 8 rings (SSSR count). The van der Waals surface area contributed by atoms with E-state index in [2.05, 4.69) is 15.2 Å². The van der Waals surface area contributed by atoms with Gasteiger partial charge in [0, 0.05) is 36.7 Å². The van der Waals surface area contributed by atoms with Crippen LogP contribution in [0.5, 0.6) is 11.5 Å². The average molecular weight is 695 g/mol. The zero-order valence-electron chi connectivity index (χ0n) is 28.7. The lowest BCUT2D eigenvalue weighted by molar-refractivity contribution is -0.162. The van der Waals surface area contributed by atoms with Crippen LogP contribution in [-0.4, -0.2) is 93.9 Å². The number of pyridine rings is 1. The van der Waals surface area contributed by atoms with Gasteiger partial charge in [0.2, 0.25) is 5.56 Å². The number of carbonyl (C=O) groups is 2. The van der Waals surface area contributed by atoms with Crippen LogP contribution in [0.3, 0.4) is 0 Å². The Labute approximate surface area is 296 Å². The molecule has 268 valence electrons. The summed E-state index contributed by atoms with van der Waals surface area (Å²) in [6.45, 7) is 4.55. The first kappa shape index (κ1) is 34.7. The van der Waals surface area contributed by atoms with Gasteiger partial charge in [0.15, 0.2) is 0 Å². The Bertz CT molecular complexity index is 1930. The van der Waals surface area contributed by atoms with E-state index in [-0.39, 0.29) is 29.7 Å². The van der Waals surface area contributed by atoms with Gasteiger partial charge in [0.05, 0.1) is 24.3 Å². The number of amides is 1. The lowest BCUT2D eigenvalue weighted by Crippen LogP contribution is -2.76. The Morgan fingerprint density at radius 2 is 1.78 bits per heavy atom. The molecule has 2 unspecified atom stereocenters. The molecular weight excluding hydrogens is 648 g/mol. The number of aliphatic hydroxyl groups is 1. The standard InChI is InChI=1S/C40H46N4O7/c45-33-14-12-30(31-13-15-35(47)42-36(31)33)34(46)23-41-18-5-2-6-21-51-29-11-7-8-27(22-29)38(48)44-25-40(39(49)50,28-9-3-1-4-10-28)37(44)32-24-43-19-16-26(32)17-20-43/h1,3-4,7-15,22,26,32,34,37,41,45-46H,2,5-6,16-21,23-25H2,(H,42,47)(H,49,50)/t32?,34-,37+,40?/m0/s1. The number of H-pyrrole nitrogens is 1. The zero-order chi connectivity index (χ0) is 35.5. The number of aliphatic carboxylic acids is 1. The highest BCUT2D eigenvalue weighted by Gasteiger charge is 2.64. The molecule has 4 aliphatic rings. The molecule has 5 N–H and O–H groups in total. The van der Waals surface area contributed by atoms with E-state index in [9.17, 15) is 29.7 Å². The van der Waals surface area contributed by atoms with Crippen molar-refractivity contribution in [3.63, 3.8) is 0 Å². The fourth-order valence-corrected chi connectivity index (χ4v) is 8.59. The summed E-state index contributed by atoms with van der Waals surface area (Å²) >= 11 is 0. The van der Waals surface area contributed by atoms with Gasteiger partial charge in [-0.15, -0.1) is 0 Å². The van der Waals surface area contributed by atoms with E-state index in [1.165, 1.54) is 12.1 Å². The van der Waals surface area contributed by atoms with Crippen LogP contribution in [0.4, 0.5) is 0 Å². The molecule has 3 aromatic carbocycles. The van der Waals surface area contributed by atoms with E-state index in [0.29, 0.717) is 53.4 Å². The molecule has 11 nitrogen and oxygen atoms in total. The van der Waals surface area contributed by atoms with Crippen LogP contribution in [0, 0.1) is 11.8 Å². The lowest BCUT2D eigenvalue weighted by atomic mass is 9.58. The first-order valence-corrected chi connectivity index (χ1v) is 18.0. The first-order valence-electron chi connectivity index (χ1n) is 18.0. The summed E-state index contributed by atoms with van der Waals surface area (Å²) in [4.78, 5) is 45.7. The molecule has 0 spiro atoms. The number of hydrogen-bond donors (Lipinski definition) is 5. The van der Waals surface area contributed by atoms with Crippen LogP contribution in [0.25, 0.3) is 10.9 Å². The van der Waals surface area contributed by atoms with Crippen molar-refractivity contribution in [1.29, 1.82) is 0 Å². The van der Waals surface area contributed by atoms with Crippen LogP contribution in [0.2, 0.25) is 0 Å².